The first-order chi connectivity index (χ1) is 8.33. The molecule has 0 bridgehead atoms. The molecule has 2 atom stereocenters. The van der Waals surface area contributed by atoms with Crippen LogP contribution in [-0.2, 0) is 0 Å². The highest BCUT2D eigenvalue weighted by Crippen LogP contribution is 2.48. The lowest BCUT2D eigenvalue weighted by atomic mass is 9.99. The monoisotopic (exact) mass is 234 g/mol. The zero-order chi connectivity index (χ0) is 11.4. The Labute approximate surface area is 105 Å². The molecule has 0 aromatic carbocycles. The molecule has 2 heteroatoms. The molecule has 17 heavy (non-hydrogen) atoms. The Bertz CT molecular complexity index is 283. The normalized spacial score (nSPS) is 39.9. The van der Waals surface area contributed by atoms with Gasteiger partial charge in [-0.05, 0) is 63.8 Å². The van der Waals surface area contributed by atoms with E-state index in [1.54, 1.807) is 0 Å². The highest BCUT2D eigenvalue weighted by molar-refractivity contribution is 5.02. The van der Waals surface area contributed by atoms with Gasteiger partial charge in [0, 0.05) is 31.2 Å². The van der Waals surface area contributed by atoms with Crippen molar-refractivity contribution in [2.24, 2.45) is 11.8 Å². The van der Waals surface area contributed by atoms with Crippen molar-refractivity contribution in [3.8, 4) is 0 Å². The number of fused-ring (bicyclic) bond motifs is 1. The van der Waals surface area contributed by atoms with Crippen molar-refractivity contribution in [3.63, 3.8) is 0 Å². The molecule has 2 heterocycles. The van der Waals surface area contributed by atoms with Gasteiger partial charge in [-0.3, -0.25) is 9.80 Å². The fourth-order valence-electron chi connectivity index (χ4n) is 4.43. The summed E-state index contributed by atoms with van der Waals surface area (Å²) in [6, 6.07) is 2.70. The van der Waals surface area contributed by atoms with E-state index in [1.165, 1.54) is 58.2 Å². The second kappa shape index (κ2) is 3.96. The van der Waals surface area contributed by atoms with Gasteiger partial charge in [0.2, 0.25) is 0 Å². The van der Waals surface area contributed by atoms with Gasteiger partial charge in [-0.1, -0.05) is 0 Å². The summed E-state index contributed by atoms with van der Waals surface area (Å²) in [5.74, 6) is 2.16. The summed E-state index contributed by atoms with van der Waals surface area (Å²) in [5, 5.41) is 0. The predicted octanol–water partition coefficient (Wildman–Crippen LogP) is 2.34. The van der Waals surface area contributed by atoms with Crippen LogP contribution in [0.3, 0.4) is 0 Å². The van der Waals surface area contributed by atoms with Gasteiger partial charge < -0.3 is 0 Å². The Morgan fingerprint density at radius 2 is 1.65 bits per heavy atom. The molecular weight excluding hydrogens is 208 g/mol. The number of rotatable bonds is 3. The van der Waals surface area contributed by atoms with Crippen molar-refractivity contribution in [1.82, 2.24) is 9.80 Å². The largest absolute Gasteiger partial charge is 0.298 e. The van der Waals surface area contributed by atoms with Crippen LogP contribution in [0.2, 0.25) is 0 Å². The van der Waals surface area contributed by atoms with Crippen LogP contribution in [-0.4, -0.2) is 47.6 Å². The molecule has 4 aliphatic rings. The van der Waals surface area contributed by atoms with E-state index in [9.17, 15) is 0 Å². The van der Waals surface area contributed by atoms with E-state index in [0.717, 1.165) is 30.0 Å². The van der Waals surface area contributed by atoms with Crippen LogP contribution in [0, 0.1) is 11.8 Å². The minimum atomic E-state index is 0.815. The Balaban J connectivity index is 1.51. The molecule has 0 radical (unpaired) electrons. The van der Waals surface area contributed by atoms with Crippen LogP contribution in [0.1, 0.15) is 45.4 Å². The SMILES string of the molecule is CC1CN2CCCC2CN1C(C1CC1)C1CC1. The van der Waals surface area contributed by atoms with Crippen LogP contribution in [0.4, 0.5) is 0 Å². The first-order valence-corrected chi connectivity index (χ1v) is 7.83. The molecule has 2 aliphatic carbocycles. The summed E-state index contributed by atoms with van der Waals surface area (Å²) in [6.45, 7) is 6.59. The summed E-state index contributed by atoms with van der Waals surface area (Å²) in [4.78, 5) is 5.69. The number of hydrogen-bond acceptors (Lipinski definition) is 2. The number of hydrogen-bond donors (Lipinski definition) is 0. The predicted molar refractivity (Wildman–Crippen MR) is 70.0 cm³/mol. The molecule has 2 nitrogen and oxygen atoms in total. The van der Waals surface area contributed by atoms with Crippen molar-refractivity contribution >= 4 is 0 Å². The van der Waals surface area contributed by atoms with Gasteiger partial charge in [0.15, 0.2) is 0 Å². The third-order valence-electron chi connectivity index (χ3n) is 5.58. The minimum absolute atomic E-state index is 0.815. The van der Waals surface area contributed by atoms with Crippen LogP contribution in [0.25, 0.3) is 0 Å². The molecule has 2 saturated carbocycles. The van der Waals surface area contributed by atoms with Gasteiger partial charge in [0.25, 0.3) is 0 Å². The van der Waals surface area contributed by atoms with E-state index >= 15 is 0 Å². The fraction of sp³-hybridized carbons (Fsp3) is 1.00. The topological polar surface area (TPSA) is 6.48 Å². The maximum absolute atomic E-state index is 2.93. The van der Waals surface area contributed by atoms with Gasteiger partial charge >= 0.3 is 0 Å². The van der Waals surface area contributed by atoms with E-state index in [-0.39, 0.29) is 0 Å². The summed E-state index contributed by atoms with van der Waals surface area (Å²) in [6.07, 6.45) is 9.02. The van der Waals surface area contributed by atoms with Crippen molar-refractivity contribution in [2.75, 3.05) is 19.6 Å². The highest BCUT2D eigenvalue weighted by Gasteiger charge is 2.48. The smallest absolute Gasteiger partial charge is 0.0224 e. The Kier molecular flexibility index (Phi) is 2.52. The zero-order valence-corrected chi connectivity index (χ0v) is 11.1. The zero-order valence-electron chi connectivity index (χ0n) is 11.1. The average Bonchev–Trinajstić information content (AvgIpc) is 3.20. The maximum Gasteiger partial charge on any atom is 0.0224 e. The standard InChI is InChI=1S/C15H26N2/c1-11-9-16-8-2-3-14(16)10-17(11)15(12-4-5-12)13-6-7-13/h11-15H,2-10H2,1H3. The highest BCUT2D eigenvalue weighted by atomic mass is 15.3. The molecule has 0 aromatic rings. The van der Waals surface area contributed by atoms with Crippen LogP contribution in [0.5, 0.6) is 0 Å². The molecule has 96 valence electrons. The van der Waals surface area contributed by atoms with Crippen molar-refractivity contribution < 1.29 is 0 Å². The Morgan fingerprint density at radius 3 is 2.29 bits per heavy atom. The quantitative estimate of drug-likeness (QED) is 0.739. The Morgan fingerprint density at radius 1 is 0.941 bits per heavy atom. The van der Waals surface area contributed by atoms with E-state index in [1.807, 2.05) is 0 Å². The molecule has 0 N–H and O–H groups in total. The maximum atomic E-state index is 2.93. The third kappa shape index (κ3) is 1.94. The van der Waals surface area contributed by atoms with Crippen LogP contribution in [0.15, 0.2) is 0 Å². The first-order valence-electron chi connectivity index (χ1n) is 7.83. The summed E-state index contributed by atoms with van der Waals surface area (Å²) >= 11 is 0. The van der Waals surface area contributed by atoms with Gasteiger partial charge in [0.05, 0.1) is 0 Å². The van der Waals surface area contributed by atoms with Gasteiger partial charge in [-0.15, -0.1) is 0 Å². The number of nitrogens with zero attached hydrogens (tertiary/aromatic N) is 2. The van der Waals surface area contributed by atoms with E-state index in [4.69, 9.17) is 0 Å². The van der Waals surface area contributed by atoms with Gasteiger partial charge in [-0.2, -0.15) is 0 Å². The molecule has 2 aliphatic heterocycles. The lowest BCUT2D eigenvalue weighted by Gasteiger charge is -2.46. The van der Waals surface area contributed by atoms with Gasteiger partial charge in [0.1, 0.15) is 0 Å². The number of piperazine rings is 1. The van der Waals surface area contributed by atoms with Crippen molar-refractivity contribution in [3.05, 3.63) is 0 Å². The second-order valence-corrected chi connectivity index (χ2v) is 7.00. The van der Waals surface area contributed by atoms with Gasteiger partial charge in [-0.25, -0.2) is 0 Å². The first kappa shape index (κ1) is 10.8. The lowest BCUT2D eigenvalue weighted by Crippen LogP contribution is -2.59. The van der Waals surface area contributed by atoms with Crippen LogP contribution < -0.4 is 0 Å². The van der Waals surface area contributed by atoms with E-state index < -0.39 is 0 Å². The van der Waals surface area contributed by atoms with Crippen molar-refractivity contribution in [1.29, 1.82) is 0 Å². The Hall–Kier alpha value is -0.0800. The minimum Gasteiger partial charge on any atom is -0.298 e. The summed E-state index contributed by atoms with van der Waals surface area (Å²) in [7, 11) is 0. The summed E-state index contributed by atoms with van der Waals surface area (Å²) < 4.78 is 0. The molecular formula is C15H26N2. The molecule has 2 unspecified atom stereocenters. The molecule has 4 fully saturated rings. The third-order valence-corrected chi connectivity index (χ3v) is 5.58. The van der Waals surface area contributed by atoms with Crippen molar-refractivity contribution in [2.45, 2.75) is 63.6 Å². The van der Waals surface area contributed by atoms with Crippen LogP contribution >= 0.6 is 0 Å². The summed E-state index contributed by atoms with van der Waals surface area (Å²) in [5.41, 5.74) is 0. The fourth-order valence-corrected chi connectivity index (χ4v) is 4.43. The molecule has 2 saturated heterocycles. The molecule has 0 amide bonds. The molecule has 0 aromatic heterocycles. The molecule has 4 rings (SSSR count). The lowest BCUT2D eigenvalue weighted by molar-refractivity contribution is 0.0133. The average molecular weight is 234 g/mol. The van der Waals surface area contributed by atoms with E-state index in [0.29, 0.717) is 0 Å². The van der Waals surface area contributed by atoms with E-state index in [2.05, 4.69) is 16.7 Å². The second-order valence-electron chi connectivity index (χ2n) is 7.00. The molecule has 0 spiro atoms.